The van der Waals surface area contributed by atoms with Gasteiger partial charge in [0.25, 0.3) is 0 Å². The van der Waals surface area contributed by atoms with Crippen LogP contribution in [0.2, 0.25) is 0 Å². The van der Waals surface area contributed by atoms with Gasteiger partial charge in [-0.15, -0.1) is 0 Å². The maximum Gasteiger partial charge on any atom is 0.344 e. The monoisotopic (exact) mass is 1400 g/mol. The van der Waals surface area contributed by atoms with Crippen LogP contribution in [0.5, 0.6) is 0 Å². The van der Waals surface area contributed by atoms with Crippen LogP contribution in [-0.2, 0) is 76.2 Å². The number of rotatable bonds is 23. The molecule has 0 aromatic rings. The number of carbonyl (C=O) groups excluding carboxylic acids is 7. The molecule has 578 valence electrons. The number of fused-ring (bicyclic) bond motifs is 1. The molecular weight excluding hydrogens is 1250 g/mol. The summed E-state index contributed by atoms with van der Waals surface area (Å²) in [7, 11) is 0. The lowest BCUT2D eigenvalue weighted by molar-refractivity contribution is -0.264. The summed E-state index contributed by atoms with van der Waals surface area (Å²) in [4.78, 5) is 86.1. The molecule has 11 saturated carbocycles. The third kappa shape index (κ3) is 23.1. The van der Waals surface area contributed by atoms with E-state index in [2.05, 4.69) is 6.92 Å². The van der Waals surface area contributed by atoms with Crippen molar-refractivity contribution in [2.45, 2.75) is 402 Å². The van der Waals surface area contributed by atoms with Gasteiger partial charge in [-0.2, -0.15) is 0 Å². The molecule has 13 rings (SSSR count). The van der Waals surface area contributed by atoms with E-state index >= 15 is 0 Å². The molecule has 2 N–H and O–H groups in total. The Kier molecular flexibility index (Phi) is 36.8. The molecule has 0 spiro atoms. The van der Waals surface area contributed by atoms with Gasteiger partial charge >= 0.3 is 41.8 Å². The zero-order valence-electron chi connectivity index (χ0n) is 58.2. The highest BCUT2D eigenvalue weighted by atomic mass is 16.7. The summed E-state index contributed by atoms with van der Waals surface area (Å²) >= 11 is 0. The molecular formula is C80H150O18. The Morgan fingerprint density at radius 2 is 1.01 bits per heavy atom. The smallest absolute Gasteiger partial charge is 0.344 e. The van der Waals surface area contributed by atoms with Crippen LogP contribution < -0.4 is 0 Å². The van der Waals surface area contributed by atoms with Crippen molar-refractivity contribution in [2.24, 2.45) is 57.2 Å². The van der Waals surface area contributed by atoms with Crippen molar-refractivity contribution in [2.75, 3.05) is 13.2 Å². The lowest BCUT2D eigenvalue weighted by atomic mass is 9.50. The Balaban J connectivity index is 0. The lowest BCUT2D eigenvalue weighted by Crippen LogP contribution is -2.67. The second kappa shape index (κ2) is 37.5. The van der Waals surface area contributed by atoms with Gasteiger partial charge < -0.3 is 52.8 Å². The molecule has 0 aromatic heterocycles. The normalized spacial score (nSPS) is 31.7. The molecule has 13 fully saturated rings. The Morgan fingerprint density at radius 1 is 0.541 bits per heavy atom. The van der Waals surface area contributed by atoms with Crippen LogP contribution in [0.1, 0.15) is 344 Å². The Morgan fingerprint density at radius 3 is 1.48 bits per heavy atom. The molecule has 0 amide bonds. The SMILES string of the molecule is C.C.C.C.C.C.C.C.CCC(C)(C)C(=O)OC12CC3CC(O)(CC(O)(C3)C1)C2.CCC(C)(C)C(=O)OCC(=O)OC1C2CC3CC(C2)C(=O)OC1C3.CCC1(OC(=O)C(C)(C)CC)CCCC1.CCCC(OCC)OC(=O)C(C)OC12CC3CC(CC(OC(=O)C(C)(C)CC)(C3)C1)C2. The number of ether oxygens (including phenoxy) is 9. The van der Waals surface area contributed by atoms with E-state index in [0.717, 1.165) is 116 Å². The molecule has 2 saturated heterocycles. The van der Waals surface area contributed by atoms with Gasteiger partial charge in [-0.05, 0) is 228 Å². The maximum absolute atomic E-state index is 12.9. The minimum atomic E-state index is -0.842. The summed E-state index contributed by atoms with van der Waals surface area (Å²) in [6.07, 6.45) is 20.6. The summed E-state index contributed by atoms with van der Waals surface area (Å²) in [5.74, 6) is 0.0266. The molecule has 0 radical (unpaired) electrons. The number of carbonyl (C=O) groups is 7. The first-order chi connectivity index (χ1) is 41.9. The molecule has 11 atom stereocenters. The van der Waals surface area contributed by atoms with E-state index in [1.54, 1.807) is 20.8 Å². The van der Waals surface area contributed by atoms with Gasteiger partial charge in [-0.1, -0.05) is 107 Å². The van der Waals surface area contributed by atoms with E-state index in [1.165, 1.54) is 19.3 Å². The van der Waals surface area contributed by atoms with Crippen LogP contribution in [-0.4, -0.2) is 123 Å². The highest BCUT2D eigenvalue weighted by Gasteiger charge is 2.65. The third-order valence-electron chi connectivity index (χ3n) is 23.1. The number of hydrogen-bond acceptors (Lipinski definition) is 18. The largest absolute Gasteiger partial charge is 0.459 e. The molecule has 2 heterocycles. The first kappa shape index (κ1) is 96.2. The van der Waals surface area contributed by atoms with Crippen molar-refractivity contribution < 1.29 is 86.4 Å². The highest BCUT2D eigenvalue weighted by molar-refractivity contribution is 5.80. The van der Waals surface area contributed by atoms with E-state index in [9.17, 15) is 43.8 Å². The van der Waals surface area contributed by atoms with Gasteiger partial charge in [0.05, 0.1) is 44.4 Å². The summed E-state index contributed by atoms with van der Waals surface area (Å²) in [6.45, 7) is 31.0. The molecule has 0 aromatic carbocycles. The summed E-state index contributed by atoms with van der Waals surface area (Å²) in [6, 6.07) is 0. The Bertz CT molecular complexity index is 2490. The fourth-order valence-corrected chi connectivity index (χ4v) is 17.0. The second-order valence-electron chi connectivity index (χ2n) is 32.5. The standard InChI is InChI=1S/C25H42O6.C18H26O6.C16H26O4.C13H24O2.8CH4/c1-7-10-20(28-9-3)29-21(26)17(4)30-24-12-18-11-19(13-24)15-25(14-18,16-24)31-22(27)23(5,6)8-2;1-4-18(2,3)17(21)22-9-14(19)24-15-11-5-10-6-12(8-11)16(20)23-13(15)7-10;1-4-13(2,3)12(17)20-16-7-11-5-14(18,9-16)8-15(19,6-11)10-16;1-5-12(3,4)11(14)15-13(6-2)9-7-8-10-13;;;;;;;;/h17-20H,7-16H2,1-6H3;10-13,15H,4-9H2,1-3H3;11,18-19H,4-10H2,1-3H3;5-10H2,1-4H3;8*1H4. The average molecular weight is 1400 g/mol. The van der Waals surface area contributed by atoms with Gasteiger partial charge in [-0.25, -0.2) is 9.59 Å². The molecule has 11 aliphatic carbocycles. The van der Waals surface area contributed by atoms with Gasteiger partial charge in [0.15, 0.2) is 12.7 Å². The minimum absolute atomic E-state index is 0. The van der Waals surface area contributed by atoms with Crippen LogP contribution >= 0.6 is 0 Å². The van der Waals surface area contributed by atoms with Gasteiger partial charge in [0, 0.05) is 44.6 Å². The van der Waals surface area contributed by atoms with E-state index in [-0.39, 0.29) is 131 Å². The summed E-state index contributed by atoms with van der Waals surface area (Å²) in [5.41, 5.74) is -5.26. The fraction of sp³-hybridized carbons (Fsp3) is 0.912. The van der Waals surface area contributed by atoms with Crippen LogP contribution in [0.15, 0.2) is 0 Å². The minimum Gasteiger partial charge on any atom is -0.459 e. The van der Waals surface area contributed by atoms with E-state index < -0.39 is 74.7 Å². The summed E-state index contributed by atoms with van der Waals surface area (Å²) in [5, 5.41) is 21.3. The van der Waals surface area contributed by atoms with Crippen LogP contribution in [0.3, 0.4) is 0 Å². The Hall–Kier alpha value is -3.87. The topological polar surface area (TPSA) is 243 Å². The van der Waals surface area contributed by atoms with Crippen molar-refractivity contribution in [3.8, 4) is 0 Å². The van der Waals surface area contributed by atoms with Crippen molar-refractivity contribution in [1.29, 1.82) is 0 Å². The first-order valence-corrected chi connectivity index (χ1v) is 35.1. The molecule has 12 bridgehead atoms. The number of aliphatic hydroxyl groups is 2. The van der Waals surface area contributed by atoms with E-state index in [1.807, 2.05) is 83.1 Å². The third-order valence-corrected chi connectivity index (χ3v) is 23.1. The highest BCUT2D eigenvalue weighted by Crippen LogP contribution is 2.62. The van der Waals surface area contributed by atoms with Crippen molar-refractivity contribution in [1.82, 2.24) is 0 Å². The molecule has 18 heteroatoms. The average Bonchev–Trinajstić information content (AvgIpc) is 0.930. The zero-order valence-corrected chi connectivity index (χ0v) is 58.2. The van der Waals surface area contributed by atoms with Gasteiger partial charge in [-0.3, -0.25) is 24.0 Å². The van der Waals surface area contributed by atoms with Crippen molar-refractivity contribution in [3.63, 3.8) is 0 Å². The quantitative estimate of drug-likeness (QED) is 0.0549. The molecule has 98 heavy (non-hydrogen) atoms. The van der Waals surface area contributed by atoms with Crippen LogP contribution in [0.4, 0.5) is 0 Å². The summed E-state index contributed by atoms with van der Waals surface area (Å²) < 4.78 is 51.6. The van der Waals surface area contributed by atoms with Crippen molar-refractivity contribution >= 4 is 41.8 Å². The predicted molar refractivity (Wildman–Crippen MR) is 390 cm³/mol. The predicted octanol–water partition coefficient (Wildman–Crippen LogP) is 18.3. The molecule has 11 unspecified atom stereocenters. The van der Waals surface area contributed by atoms with Crippen LogP contribution in [0, 0.1) is 57.2 Å². The molecule has 18 nitrogen and oxygen atoms in total. The maximum atomic E-state index is 12.9. The van der Waals surface area contributed by atoms with E-state index in [0.29, 0.717) is 62.9 Å². The Labute approximate surface area is 597 Å². The second-order valence-corrected chi connectivity index (χ2v) is 32.5. The van der Waals surface area contributed by atoms with Crippen LogP contribution in [0.25, 0.3) is 0 Å². The van der Waals surface area contributed by atoms with E-state index in [4.69, 9.17) is 42.6 Å². The fourth-order valence-electron chi connectivity index (χ4n) is 17.0. The molecule has 2 aliphatic heterocycles. The number of esters is 7. The first-order valence-electron chi connectivity index (χ1n) is 35.1. The molecule has 13 aliphatic rings. The van der Waals surface area contributed by atoms with Gasteiger partial charge in [0.2, 0.25) is 6.29 Å². The van der Waals surface area contributed by atoms with Gasteiger partial charge in [0.1, 0.15) is 29.0 Å². The zero-order chi connectivity index (χ0) is 66.7. The number of hydrogen-bond donors (Lipinski definition) is 2. The lowest BCUT2D eigenvalue weighted by Gasteiger charge is -2.62. The van der Waals surface area contributed by atoms with Crippen molar-refractivity contribution in [3.05, 3.63) is 0 Å².